The van der Waals surface area contributed by atoms with Crippen LogP contribution in [0.1, 0.15) is 48.0 Å². The number of hydrogen-bond donors (Lipinski definition) is 1. The summed E-state index contributed by atoms with van der Waals surface area (Å²) >= 11 is 1.75. The Morgan fingerprint density at radius 2 is 1.89 bits per heavy atom. The molecule has 1 aromatic carbocycles. The standard InChI is InChI=1S/C21H28N2O3S/c1-3-25-18-10-9-16(14-19(18)26-4-2)21(24)22-15-17(20-8-7-13-27-20)23-11-5-6-12-23/h7-10,13-14,17H,3-6,11-12,15H2,1-2H3,(H,22,24). The van der Waals surface area contributed by atoms with E-state index in [0.717, 1.165) is 13.1 Å². The lowest BCUT2D eigenvalue weighted by Gasteiger charge is -2.27. The zero-order chi connectivity index (χ0) is 19.1. The fourth-order valence-electron chi connectivity index (χ4n) is 3.43. The van der Waals surface area contributed by atoms with Crippen LogP contribution < -0.4 is 14.8 Å². The Labute approximate surface area is 165 Å². The van der Waals surface area contributed by atoms with Gasteiger partial charge in [-0.15, -0.1) is 11.3 Å². The first-order valence-electron chi connectivity index (χ1n) is 9.68. The maximum absolute atomic E-state index is 12.7. The zero-order valence-electron chi connectivity index (χ0n) is 16.1. The molecular weight excluding hydrogens is 360 g/mol. The Morgan fingerprint density at radius 1 is 1.15 bits per heavy atom. The van der Waals surface area contributed by atoms with E-state index in [0.29, 0.717) is 36.8 Å². The first-order valence-corrected chi connectivity index (χ1v) is 10.6. The molecule has 1 amide bonds. The van der Waals surface area contributed by atoms with Crippen LogP contribution in [0.25, 0.3) is 0 Å². The second-order valence-electron chi connectivity index (χ2n) is 6.51. The van der Waals surface area contributed by atoms with E-state index in [1.165, 1.54) is 17.7 Å². The van der Waals surface area contributed by atoms with Gasteiger partial charge < -0.3 is 14.8 Å². The molecule has 2 aromatic rings. The van der Waals surface area contributed by atoms with Crippen molar-refractivity contribution < 1.29 is 14.3 Å². The Morgan fingerprint density at radius 3 is 2.56 bits per heavy atom. The number of hydrogen-bond acceptors (Lipinski definition) is 5. The summed E-state index contributed by atoms with van der Waals surface area (Å²) in [6.45, 7) is 7.73. The highest BCUT2D eigenvalue weighted by molar-refractivity contribution is 7.10. The van der Waals surface area contributed by atoms with Crippen LogP contribution in [0.4, 0.5) is 0 Å². The minimum absolute atomic E-state index is 0.0836. The van der Waals surface area contributed by atoms with E-state index in [-0.39, 0.29) is 11.9 Å². The number of rotatable bonds is 9. The summed E-state index contributed by atoms with van der Waals surface area (Å²) in [5, 5.41) is 5.21. The van der Waals surface area contributed by atoms with Crippen LogP contribution in [-0.2, 0) is 0 Å². The SMILES string of the molecule is CCOc1ccc(C(=O)NCC(c2cccs2)N2CCCC2)cc1OCC. The first-order chi connectivity index (χ1) is 13.2. The number of amides is 1. The molecule has 3 rings (SSSR count). The average molecular weight is 389 g/mol. The lowest BCUT2D eigenvalue weighted by atomic mass is 10.1. The van der Waals surface area contributed by atoms with Crippen molar-refractivity contribution in [1.82, 2.24) is 10.2 Å². The van der Waals surface area contributed by atoms with E-state index in [2.05, 4.69) is 27.7 Å². The van der Waals surface area contributed by atoms with Gasteiger partial charge >= 0.3 is 0 Å². The summed E-state index contributed by atoms with van der Waals surface area (Å²) in [7, 11) is 0. The second-order valence-corrected chi connectivity index (χ2v) is 7.49. The monoisotopic (exact) mass is 388 g/mol. The first kappa shape index (κ1) is 19.7. The number of ether oxygens (including phenoxy) is 2. The van der Waals surface area contributed by atoms with E-state index in [9.17, 15) is 4.79 Å². The van der Waals surface area contributed by atoms with Gasteiger partial charge in [-0.3, -0.25) is 9.69 Å². The van der Waals surface area contributed by atoms with Crippen LogP contribution in [-0.4, -0.2) is 43.7 Å². The highest BCUT2D eigenvalue weighted by Crippen LogP contribution is 2.30. The molecule has 1 unspecified atom stereocenters. The molecule has 146 valence electrons. The van der Waals surface area contributed by atoms with Crippen LogP contribution in [0.15, 0.2) is 35.7 Å². The molecule has 0 saturated carbocycles. The summed E-state index contributed by atoms with van der Waals surface area (Å²) in [5.74, 6) is 1.20. The summed E-state index contributed by atoms with van der Waals surface area (Å²) in [6.07, 6.45) is 2.46. The van der Waals surface area contributed by atoms with Gasteiger partial charge in [-0.05, 0) is 69.4 Å². The highest BCUT2D eigenvalue weighted by atomic mass is 32.1. The molecule has 1 fully saturated rings. The van der Waals surface area contributed by atoms with Crippen LogP contribution >= 0.6 is 11.3 Å². The number of thiophene rings is 1. The van der Waals surface area contributed by atoms with Crippen molar-refractivity contribution in [2.45, 2.75) is 32.7 Å². The molecule has 1 aromatic heterocycles. The van der Waals surface area contributed by atoms with E-state index in [1.807, 2.05) is 13.8 Å². The highest BCUT2D eigenvalue weighted by Gasteiger charge is 2.25. The van der Waals surface area contributed by atoms with E-state index in [4.69, 9.17) is 9.47 Å². The Balaban J connectivity index is 1.69. The molecule has 1 aliphatic heterocycles. The van der Waals surface area contributed by atoms with Gasteiger partial charge in [0.15, 0.2) is 11.5 Å². The van der Waals surface area contributed by atoms with Crippen LogP contribution in [0, 0.1) is 0 Å². The summed E-state index contributed by atoms with van der Waals surface area (Å²) < 4.78 is 11.2. The fraction of sp³-hybridized carbons (Fsp3) is 0.476. The van der Waals surface area contributed by atoms with Gasteiger partial charge in [0.05, 0.1) is 19.3 Å². The molecule has 0 spiro atoms. The quantitative estimate of drug-likeness (QED) is 0.702. The van der Waals surface area contributed by atoms with Gasteiger partial charge in [0.2, 0.25) is 0 Å². The van der Waals surface area contributed by atoms with Crippen LogP contribution in [0.5, 0.6) is 11.5 Å². The van der Waals surface area contributed by atoms with Crippen molar-refractivity contribution in [3.63, 3.8) is 0 Å². The Kier molecular flexibility index (Phi) is 7.12. The van der Waals surface area contributed by atoms with Gasteiger partial charge in [0.25, 0.3) is 5.91 Å². The van der Waals surface area contributed by atoms with Crippen molar-refractivity contribution in [2.24, 2.45) is 0 Å². The molecule has 27 heavy (non-hydrogen) atoms. The molecule has 5 nitrogen and oxygen atoms in total. The smallest absolute Gasteiger partial charge is 0.251 e. The van der Waals surface area contributed by atoms with E-state index < -0.39 is 0 Å². The summed E-state index contributed by atoms with van der Waals surface area (Å²) in [6, 6.07) is 9.83. The summed E-state index contributed by atoms with van der Waals surface area (Å²) in [4.78, 5) is 16.5. The van der Waals surface area contributed by atoms with Gasteiger partial charge in [0, 0.05) is 17.0 Å². The molecule has 1 saturated heterocycles. The maximum atomic E-state index is 12.7. The predicted molar refractivity (Wildman–Crippen MR) is 109 cm³/mol. The topological polar surface area (TPSA) is 50.8 Å². The number of carbonyl (C=O) groups excluding carboxylic acids is 1. The Bertz CT molecular complexity index is 727. The molecule has 1 aliphatic rings. The van der Waals surface area contributed by atoms with Gasteiger partial charge in [-0.25, -0.2) is 0 Å². The minimum atomic E-state index is -0.0836. The van der Waals surface area contributed by atoms with Crippen molar-refractivity contribution in [1.29, 1.82) is 0 Å². The van der Waals surface area contributed by atoms with Gasteiger partial charge in [-0.2, -0.15) is 0 Å². The van der Waals surface area contributed by atoms with Crippen molar-refractivity contribution >= 4 is 17.2 Å². The van der Waals surface area contributed by atoms with Crippen molar-refractivity contribution in [3.05, 3.63) is 46.2 Å². The molecule has 0 bridgehead atoms. The lowest BCUT2D eigenvalue weighted by molar-refractivity contribution is 0.0938. The van der Waals surface area contributed by atoms with Gasteiger partial charge in [0.1, 0.15) is 0 Å². The third kappa shape index (κ3) is 5.02. The molecule has 0 aliphatic carbocycles. The second kappa shape index (κ2) is 9.76. The minimum Gasteiger partial charge on any atom is -0.490 e. The number of carbonyl (C=O) groups is 1. The van der Waals surface area contributed by atoms with Crippen molar-refractivity contribution in [2.75, 3.05) is 32.8 Å². The molecule has 1 atom stereocenters. The number of nitrogens with zero attached hydrogens (tertiary/aromatic N) is 1. The van der Waals surface area contributed by atoms with E-state index >= 15 is 0 Å². The maximum Gasteiger partial charge on any atom is 0.251 e. The largest absolute Gasteiger partial charge is 0.490 e. The van der Waals surface area contributed by atoms with Gasteiger partial charge in [-0.1, -0.05) is 6.07 Å². The molecule has 1 N–H and O–H groups in total. The third-order valence-corrected chi connectivity index (χ3v) is 5.69. The van der Waals surface area contributed by atoms with Crippen LogP contribution in [0.2, 0.25) is 0 Å². The molecular formula is C21H28N2O3S. The number of likely N-dealkylation sites (tertiary alicyclic amines) is 1. The molecule has 0 radical (unpaired) electrons. The molecule has 6 heteroatoms. The lowest BCUT2D eigenvalue weighted by Crippen LogP contribution is -2.36. The van der Waals surface area contributed by atoms with Crippen molar-refractivity contribution in [3.8, 4) is 11.5 Å². The molecule has 2 heterocycles. The Hall–Kier alpha value is -2.05. The zero-order valence-corrected chi connectivity index (χ0v) is 16.9. The summed E-state index contributed by atoms with van der Waals surface area (Å²) in [5.41, 5.74) is 0.591. The average Bonchev–Trinajstić information content (AvgIpc) is 3.38. The van der Waals surface area contributed by atoms with Crippen LogP contribution in [0.3, 0.4) is 0 Å². The normalized spacial score (nSPS) is 15.5. The predicted octanol–water partition coefficient (Wildman–Crippen LogP) is 4.11. The fourth-order valence-corrected chi connectivity index (χ4v) is 4.29. The third-order valence-electron chi connectivity index (χ3n) is 4.71. The number of nitrogens with one attached hydrogen (secondary N) is 1. The number of benzene rings is 1. The van der Waals surface area contributed by atoms with E-state index in [1.54, 1.807) is 29.5 Å².